The Balaban J connectivity index is 1.59. The Hall–Kier alpha value is -1.42. The molecule has 0 saturated heterocycles. The van der Waals surface area contributed by atoms with Gasteiger partial charge >= 0.3 is 0 Å². The van der Waals surface area contributed by atoms with Gasteiger partial charge in [0, 0.05) is 25.9 Å². The van der Waals surface area contributed by atoms with Crippen molar-refractivity contribution in [3.63, 3.8) is 0 Å². The Kier molecular flexibility index (Phi) is 4.14. The van der Waals surface area contributed by atoms with E-state index in [0.717, 1.165) is 37.9 Å². The minimum absolute atomic E-state index is 0.0420. The van der Waals surface area contributed by atoms with Gasteiger partial charge in [-0.2, -0.15) is 0 Å². The molecule has 0 unspecified atom stereocenters. The Morgan fingerprint density at radius 3 is 2.80 bits per heavy atom. The lowest BCUT2D eigenvalue weighted by atomic mass is 9.55. The first-order valence-corrected chi connectivity index (χ1v) is 9.86. The third-order valence-corrected chi connectivity index (χ3v) is 7.43. The highest BCUT2D eigenvalue weighted by molar-refractivity contribution is 7.80. The molecule has 3 nitrogen and oxygen atoms in total. The molecule has 0 bridgehead atoms. The molecule has 0 aromatic heterocycles. The van der Waals surface area contributed by atoms with Crippen molar-refractivity contribution in [1.29, 1.82) is 0 Å². The van der Waals surface area contributed by atoms with Gasteiger partial charge in [-0.25, -0.2) is 0 Å². The highest BCUT2D eigenvalue weighted by Gasteiger charge is 2.54. The van der Waals surface area contributed by atoms with E-state index in [4.69, 9.17) is 17.0 Å². The lowest BCUT2D eigenvalue weighted by Gasteiger charge is -2.48. The Labute approximate surface area is 155 Å². The molecule has 25 heavy (non-hydrogen) atoms. The van der Waals surface area contributed by atoms with E-state index in [1.807, 2.05) is 19.0 Å². The summed E-state index contributed by atoms with van der Waals surface area (Å²) in [5, 5.41) is 0.492. The maximum atomic E-state index is 12.4. The van der Waals surface area contributed by atoms with Crippen molar-refractivity contribution in [2.75, 3.05) is 14.1 Å². The summed E-state index contributed by atoms with van der Waals surface area (Å²) in [7, 11) is 3.79. The van der Waals surface area contributed by atoms with Gasteiger partial charge in [0.1, 0.15) is 11.5 Å². The van der Waals surface area contributed by atoms with Gasteiger partial charge in [0.05, 0.1) is 0 Å². The van der Waals surface area contributed by atoms with Crippen molar-refractivity contribution in [3.8, 4) is 5.75 Å². The lowest BCUT2D eigenvalue weighted by molar-refractivity contribution is -0.129. The van der Waals surface area contributed by atoms with Gasteiger partial charge in [0.15, 0.2) is 0 Å². The van der Waals surface area contributed by atoms with E-state index >= 15 is 0 Å². The Morgan fingerprint density at radius 2 is 2.04 bits per heavy atom. The number of thiocarbonyl (C=S) groups is 1. The number of ether oxygens (including phenoxy) is 1. The zero-order valence-electron chi connectivity index (χ0n) is 15.4. The number of carbonyl (C=O) groups is 1. The van der Waals surface area contributed by atoms with Crippen molar-refractivity contribution in [3.05, 3.63) is 29.3 Å². The minimum Gasteiger partial charge on any atom is -0.432 e. The standard InChI is InChI=1S/C21H27NO2S/c1-21-11-10-16-15-7-5-14(24-20(25)22(2)3)12-13(15)4-6-17(16)18(21)8-9-19(21)23/h5,7,12,16-18H,4,6,8-11H2,1-3H3/t16-,17+,18+,21+/m1/s1. The van der Waals surface area contributed by atoms with Gasteiger partial charge < -0.3 is 9.64 Å². The maximum absolute atomic E-state index is 12.4. The van der Waals surface area contributed by atoms with Crippen LogP contribution in [0.4, 0.5) is 0 Å². The first-order valence-electron chi connectivity index (χ1n) is 9.45. The van der Waals surface area contributed by atoms with Crippen molar-refractivity contribution >= 4 is 23.2 Å². The van der Waals surface area contributed by atoms with E-state index in [9.17, 15) is 4.79 Å². The molecule has 0 N–H and O–H groups in total. The zero-order chi connectivity index (χ0) is 17.8. The number of Topliss-reactive ketones (excluding diaryl/α,β-unsaturated/α-hetero) is 1. The molecule has 0 aliphatic heterocycles. The Morgan fingerprint density at radius 1 is 1.24 bits per heavy atom. The quantitative estimate of drug-likeness (QED) is 0.700. The van der Waals surface area contributed by atoms with Crippen LogP contribution >= 0.6 is 12.2 Å². The summed E-state index contributed by atoms with van der Waals surface area (Å²) in [6.45, 7) is 2.23. The van der Waals surface area contributed by atoms with Crippen LogP contribution in [0.2, 0.25) is 0 Å². The molecule has 2 fully saturated rings. The van der Waals surface area contributed by atoms with E-state index in [1.165, 1.54) is 17.5 Å². The second kappa shape index (κ2) is 6.08. The smallest absolute Gasteiger partial charge is 0.264 e. The van der Waals surface area contributed by atoms with Crippen LogP contribution in [0.25, 0.3) is 0 Å². The molecular weight excluding hydrogens is 330 g/mol. The second-order valence-corrected chi connectivity index (χ2v) is 8.81. The van der Waals surface area contributed by atoms with Crippen molar-refractivity contribution in [2.45, 2.75) is 51.4 Å². The number of nitrogens with zero attached hydrogens (tertiary/aromatic N) is 1. The largest absolute Gasteiger partial charge is 0.432 e. The SMILES string of the molecule is CN(C)C(=S)Oc1ccc2c(c1)CC[C@H]1[C@@H]2CC[C@]2(C)C(=O)CC[C@@H]12. The number of hydrogen-bond acceptors (Lipinski definition) is 3. The molecule has 0 spiro atoms. The molecule has 0 radical (unpaired) electrons. The molecule has 4 atom stereocenters. The minimum atomic E-state index is -0.0420. The number of benzene rings is 1. The third-order valence-electron chi connectivity index (χ3n) is 6.98. The average molecular weight is 358 g/mol. The molecule has 1 aromatic rings. The fraction of sp³-hybridized carbons (Fsp3) is 0.619. The first kappa shape index (κ1) is 17.0. The molecule has 3 aliphatic carbocycles. The van der Waals surface area contributed by atoms with Gasteiger partial charge in [-0.15, -0.1) is 0 Å². The summed E-state index contributed by atoms with van der Waals surface area (Å²) in [5.74, 6) is 3.23. The molecule has 4 rings (SSSR count). The van der Waals surface area contributed by atoms with Crippen molar-refractivity contribution in [2.24, 2.45) is 17.3 Å². The summed E-state index contributed by atoms with van der Waals surface area (Å²) in [6.07, 6.45) is 6.39. The fourth-order valence-electron chi connectivity index (χ4n) is 5.59. The molecule has 0 amide bonds. The van der Waals surface area contributed by atoms with Gasteiger partial charge in [0.25, 0.3) is 5.17 Å². The van der Waals surface area contributed by atoms with Crippen molar-refractivity contribution < 1.29 is 9.53 Å². The molecule has 4 heteroatoms. The average Bonchev–Trinajstić information content (AvgIpc) is 2.89. The van der Waals surface area contributed by atoms with Gasteiger partial charge in [-0.05, 0) is 85.3 Å². The van der Waals surface area contributed by atoms with Crippen LogP contribution in [0.5, 0.6) is 5.75 Å². The number of aryl methyl sites for hydroxylation is 1. The second-order valence-electron chi connectivity index (χ2n) is 8.46. The normalized spacial score (nSPS) is 33.2. The fourth-order valence-corrected chi connectivity index (χ4v) is 5.68. The topological polar surface area (TPSA) is 29.5 Å². The van der Waals surface area contributed by atoms with E-state index in [-0.39, 0.29) is 5.41 Å². The van der Waals surface area contributed by atoms with E-state index in [0.29, 0.717) is 28.7 Å². The molecule has 0 heterocycles. The summed E-state index contributed by atoms with van der Waals surface area (Å²) < 4.78 is 5.79. The maximum Gasteiger partial charge on any atom is 0.264 e. The molecule has 134 valence electrons. The van der Waals surface area contributed by atoms with Gasteiger partial charge in [-0.3, -0.25) is 4.79 Å². The summed E-state index contributed by atoms with van der Waals surface area (Å²) in [5.41, 5.74) is 2.86. The van der Waals surface area contributed by atoms with Crippen LogP contribution in [0.1, 0.15) is 56.1 Å². The number of carbonyl (C=O) groups excluding carboxylic acids is 1. The number of hydrogen-bond donors (Lipinski definition) is 0. The Bertz CT molecular complexity index is 729. The van der Waals surface area contributed by atoms with Crippen LogP contribution in [0, 0.1) is 17.3 Å². The predicted octanol–water partition coefficient (Wildman–Crippen LogP) is 4.34. The molecule has 2 saturated carbocycles. The summed E-state index contributed by atoms with van der Waals surface area (Å²) in [4.78, 5) is 14.2. The van der Waals surface area contributed by atoms with Crippen LogP contribution in [0.3, 0.4) is 0 Å². The molecule has 3 aliphatic rings. The zero-order valence-corrected chi connectivity index (χ0v) is 16.2. The highest BCUT2D eigenvalue weighted by atomic mass is 32.1. The molecule has 1 aromatic carbocycles. The van der Waals surface area contributed by atoms with Crippen molar-refractivity contribution in [1.82, 2.24) is 4.90 Å². The predicted molar refractivity (Wildman–Crippen MR) is 103 cm³/mol. The van der Waals surface area contributed by atoms with Gasteiger partial charge in [0.2, 0.25) is 0 Å². The van der Waals surface area contributed by atoms with Crippen LogP contribution in [0.15, 0.2) is 18.2 Å². The number of fused-ring (bicyclic) bond motifs is 5. The van der Waals surface area contributed by atoms with Gasteiger partial charge in [-0.1, -0.05) is 13.0 Å². The van der Waals surface area contributed by atoms with Crippen LogP contribution in [-0.2, 0) is 11.2 Å². The number of ketones is 1. The summed E-state index contributed by atoms with van der Waals surface area (Å²) in [6, 6.07) is 6.48. The van der Waals surface area contributed by atoms with Crippen LogP contribution in [-0.4, -0.2) is 30.0 Å². The molecular formula is C21H27NO2S. The highest BCUT2D eigenvalue weighted by Crippen LogP contribution is 2.59. The van der Waals surface area contributed by atoms with E-state index in [2.05, 4.69) is 25.1 Å². The lowest BCUT2D eigenvalue weighted by Crippen LogP contribution is -2.42. The third kappa shape index (κ3) is 2.69. The summed E-state index contributed by atoms with van der Waals surface area (Å²) >= 11 is 5.25. The van der Waals surface area contributed by atoms with Crippen LogP contribution < -0.4 is 4.74 Å². The van der Waals surface area contributed by atoms with E-state index in [1.54, 1.807) is 0 Å². The van der Waals surface area contributed by atoms with E-state index < -0.39 is 0 Å². The number of rotatable bonds is 1. The first-order chi connectivity index (χ1) is 11.9. The monoisotopic (exact) mass is 357 g/mol.